The van der Waals surface area contributed by atoms with Crippen molar-refractivity contribution in [1.29, 1.82) is 0 Å². The Morgan fingerprint density at radius 2 is 2.44 bits per heavy atom. The van der Waals surface area contributed by atoms with E-state index in [1.165, 1.54) is 0 Å². The molecule has 1 saturated heterocycles. The maximum atomic E-state index is 11.3. The largest absolute Gasteiger partial charge is 0.481 e. The van der Waals surface area contributed by atoms with Crippen molar-refractivity contribution in [2.24, 2.45) is 5.41 Å². The summed E-state index contributed by atoms with van der Waals surface area (Å²) in [5, 5.41) is 12.4. The van der Waals surface area contributed by atoms with Crippen LogP contribution in [0.2, 0.25) is 0 Å². The highest BCUT2D eigenvalue weighted by molar-refractivity contribution is 9.10. The molecule has 1 aliphatic rings. The van der Waals surface area contributed by atoms with Crippen molar-refractivity contribution in [2.45, 2.75) is 12.8 Å². The van der Waals surface area contributed by atoms with E-state index in [2.05, 4.69) is 26.2 Å². The molecule has 0 aromatic carbocycles. The van der Waals surface area contributed by atoms with E-state index in [1.54, 1.807) is 6.20 Å². The van der Waals surface area contributed by atoms with Crippen LogP contribution in [0.4, 0.5) is 0 Å². The lowest BCUT2D eigenvalue weighted by Gasteiger charge is -2.22. The van der Waals surface area contributed by atoms with Gasteiger partial charge in [0.25, 0.3) is 0 Å². The molecule has 0 aliphatic carbocycles. The van der Waals surface area contributed by atoms with Crippen LogP contribution in [0, 0.1) is 5.41 Å². The molecule has 5 heteroatoms. The summed E-state index contributed by atoms with van der Waals surface area (Å²) in [7, 11) is 0. The van der Waals surface area contributed by atoms with E-state index in [-0.39, 0.29) is 0 Å². The second kappa shape index (κ2) is 4.51. The molecule has 2 heterocycles. The number of pyridine rings is 1. The number of hydrogen-bond acceptors (Lipinski definition) is 3. The third-order valence-electron chi connectivity index (χ3n) is 3.01. The standard InChI is InChI=1S/C11H13BrN2O2/c12-8-1-2-9(14-6-8)5-11(10(15)16)3-4-13-7-11/h1-2,6,13H,3-5,7H2,(H,15,16). The minimum absolute atomic E-state index is 0.489. The molecule has 1 aromatic rings. The fraction of sp³-hybridized carbons (Fsp3) is 0.455. The molecule has 1 fully saturated rings. The third-order valence-corrected chi connectivity index (χ3v) is 3.47. The second-order valence-electron chi connectivity index (χ2n) is 4.16. The van der Waals surface area contributed by atoms with E-state index in [9.17, 15) is 9.90 Å². The Balaban J connectivity index is 2.18. The van der Waals surface area contributed by atoms with E-state index in [0.717, 1.165) is 16.7 Å². The predicted molar refractivity (Wildman–Crippen MR) is 63.2 cm³/mol. The van der Waals surface area contributed by atoms with Crippen LogP contribution in [0.5, 0.6) is 0 Å². The summed E-state index contributed by atoms with van der Waals surface area (Å²) in [6, 6.07) is 3.76. The first kappa shape index (κ1) is 11.5. The highest BCUT2D eigenvalue weighted by Crippen LogP contribution is 2.30. The fourth-order valence-electron chi connectivity index (χ4n) is 2.01. The van der Waals surface area contributed by atoms with Crippen LogP contribution in [0.1, 0.15) is 12.1 Å². The normalized spacial score (nSPS) is 24.6. The van der Waals surface area contributed by atoms with E-state index in [4.69, 9.17) is 0 Å². The summed E-state index contributed by atoms with van der Waals surface area (Å²) < 4.78 is 0.908. The van der Waals surface area contributed by atoms with Gasteiger partial charge in [0.1, 0.15) is 0 Å². The molecular weight excluding hydrogens is 272 g/mol. The van der Waals surface area contributed by atoms with E-state index < -0.39 is 11.4 Å². The Hall–Kier alpha value is -0.940. The summed E-state index contributed by atoms with van der Waals surface area (Å²) in [6.07, 6.45) is 2.86. The molecule has 0 radical (unpaired) electrons. The van der Waals surface area contributed by atoms with Crippen molar-refractivity contribution in [3.05, 3.63) is 28.5 Å². The zero-order chi connectivity index (χ0) is 11.6. The summed E-state index contributed by atoms with van der Waals surface area (Å²) in [4.78, 5) is 15.5. The van der Waals surface area contributed by atoms with Crippen LogP contribution >= 0.6 is 15.9 Å². The average molecular weight is 285 g/mol. The lowest BCUT2D eigenvalue weighted by atomic mass is 9.82. The lowest BCUT2D eigenvalue weighted by molar-refractivity contribution is -0.147. The molecule has 1 atom stereocenters. The van der Waals surface area contributed by atoms with Crippen LogP contribution in [0.25, 0.3) is 0 Å². The summed E-state index contributed by atoms with van der Waals surface area (Å²) in [5.74, 6) is -0.734. The van der Waals surface area contributed by atoms with Crippen LogP contribution in [0.3, 0.4) is 0 Å². The van der Waals surface area contributed by atoms with Gasteiger partial charge in [-0.1, -0.05) is 0 Å². The van der Waals surface area contributed by atoms with E-state index >= 15 is 0 Å². The molecule has 1 aliphatic heterocycles. The maximum absolute atomic E-state index is 11.3. The number of nitrogens with zero attached hydrogens (tertiary/aromatic N) is 1. The molecule has 2 rings (SSSR count). The first-order valence-corrected chi connectivity index (χ1v) is 5.96. The maximum Gasteiger partial charge on any atom is 0.311 e. The number of rotatable bonds is 3. The highest BCUT2D eigenvalue weighted by Gasteiger charge is 2.41. The molecule has 1 unspecified atom stereocenters. The van der Waals surface area contributed by atoms with Crippen molar-refractivity contribution in [3.63, 3.8) is 0 Å². The average Bonchev–Trinajstić information content (AvgIpc) is 2.71. The number of nitrogens with one attached hydrogen (secondary N) is 1. The first-order valence-electron chi connectivity index (χ1n) is 5.17. The summed E-state index contributed by atoms with van der Waals surface area (Å²) >= 11 is 3.31. The number of carboxylic acids is 1. The van der Waals surface area contributed by atoms with Crippen LogP contribution in [0.15, 0.2) is 22.8 Å². The quantitative estimate of drug-likeness (QED) is 0.882. The SMILES string of the molecule is O=C(O)C1(Cc2ccc(Br)cn2)CCNC1. The Morgan fingerprint density at radius 3 is 2.94 bits per heavy atom. The van der Waals surface area contributed by atoms with Crippen molar-refractivity contribution in [1.82, 2.24) is 10.3 Å². The molecule has 86 valence electrons. The molecule has 0 spiro atoms. The Labute approximate surface area is 102 Å². The van der Waals surface area contributed by atoms with Crippen molar-refractivity contribution < 1.29 is 9.90 Å². The molecule has 0 saturated carbocycles. The van der Waals surface area contributed by atoms with Gasteiger partial charge in [-0.2, -0.15) is 0 Å². The smallest absolute Gasteiger partial charge is 0.311 e. The van der Waals surface area contributed by atoms with Gasteiger partial charge in [-0.3, -0.25) is 9.78 Å². The second-order valence-corrected chi connectivity index (χ2v) is 5.07. The van der Waals surface area contributed by atoms with Crippen LogP contribution in [-0.2, 0) is 11.2 Å². The highest BCUT2D eigenvalue weighted by atomic mass is 79.9. The first-order chi connectivity index (χ1) is 7.62. The van der Waals surface area contributed by atoms with Crippen molar-refractivity contribution >= 4 is 21.9 Å². The van der Waals surface area contributed by atoms with Gasteiger partial charge in [0.15, 0.2) is 0 Å². The monoisotopic (exact) mass is 284 g/mol. The minimum Gasteiger partial charge on any atom is -0.481 e. The van der Waals surface area contributed by atoms with Gasteiger partial charge in [0.2, 0.25) is 0 Å². The van der Waals surface area contributed by atoms with Gasteiger partial charge < -0.3 is 10.4 Å². The number of hydrogen-bond donors (Lipinski definition) is 2. The topological polar surface area (TPSA) is 62.2 Å². The number of carbonyl (C=O) groups is 1. The number of aliphatic carboxylic acids is 1. The van der Waals surface area contributed by atoms with Crippen LogP contribution in [-0.4, -0.2) is 29.1 Å². The van der Waals surface area contributed by atoms with Gasteiger partial charge in [-0.25, -0.2) is 0 Å². The van der Waals surface area contributed by atoms with Crippen molar-refractivity contribution in [2.75, 3.05) is 13.1 Å². The minimum atomic E-state index is -0.734. The molecule has 16 heavy (non-hydrogen) atoms. The zero-order valence-electron chi connectivity index (χ0n) is 8.74. The summed E-state index contributed by atoms with van der Waals surface area (Å²) in [6.45, 7) is 1.29. The lowest BCUT2D eigenvalue weighted by Crippen LogP contribution is -2.35. The van der Waals surface area contributed by atoms with Gasteiger partial charge in [0, 0.05) is 29.3 Å². The van der Waals surface area contributed by atoms with E-state index in [0.29, 0.717) is 19.4 Å². The van der Waals surface area contributed by atoms with Gasteiger partial charge in [0.05, 0.1) is 5.41 Å². The Kier molecular flexibility index (Phi) is 3.25. The number of halogens is 1. The Bertz CT molecular complexity index is 385. The molecule has 0 amide bonds. The third kappa shape index (κ3) is 2.25. The fourth-order valence-corrected chi connectivity index (χ4v) is 2.25. The van der Waals surface area contributed by atoms with Crippen LogP contribution < -0.4 is 5.32 Å². The Morgan fingerprint density at radius 1 is 1.62 bits per heavy atom. The van der Waals surface area contributed by atoms with Gasteiger partial charge >= 0.3 is 5.97 Å². The molecule has 2 N–H and O–H groups in total. The number of carboxylic acid groups (broad SMARTS) is 1. The van der Waals surface area contributed by atoms with Crippen molar-refractivity contribution in [3.8, 4) is 0 Å². The summed E-state index contributed by atoms with van der Waals surface area (Å²) in [5.41, 5.74) is 0.148. The molecule has 1 aromatic heterocycles. The van der Waals surface area contributed by atoms with Gasteiger partial charge in [-0.05, 0) is 41.0 Å². The zero-order valence-corrected chi connectivity index (χ0v) is 10.3. The predicted octanol–water partition coefficient (Wildman–Crippen LogP) is 1.45. The van der Waals surface area contributed by atoms with E-state index in [1.807, 2.05) is 12.1 Å². The molecule has 0 bridgehead atoms. The molecule has 4 nitrogen and oxygen atoms in total. The van der Waals surface area contributed by atoms with Gasteiger partial charge in [-0.15, -0.1) is 0 Å². The molecular formula is C11H13BrN2O2. The number of aromatic nitrogens is 1.